The number of halogens is 2. The van der Waals surface area contributed by atoms with Crippen molar-refractivity contribution in [2.45, 2.75) is 20.0 Å². The summed E-state index contributed by atoms with van der Waals surface area (Å²) in [7, 11) is 0. The van der Waals surface area contributed by atoms with Crippen LogP contribution in [0.25, 0.3) is 0 Å². The fourth-order valence-electron chi connectivity index (χ4n) is 1.95. The summed E-state index contributed by atoms with van der Waals surface area (Å²) in [5.41, 5.74) is 1.41. The van der Waals surface area contributed by atoms with Crippen LogP contribution >= 0.6 is 23.2 Å². The monoisotopic (exact) mass is 381 g/mol. The molecule has 0 bridgehead atoms. The van der Waals surface area contributed by atoms with Crippen molar-refractivity contribution in [1.82, 2.24) is 0 Å². The van der Waals surface area contributed by atoms with Gasteiger partial charge in [-0.25, -0.2) is 4.79 Å². The molecule has 0 aliphatic rings. The van der Waals surface area contributed by atoms with Gasteiger partial charge in [-0.3, -0.25) is 4.79 Å². The van der Waals surface area contributed by atoms with Crippen molar-refractivity contribution >= 4 is 40.8 Å². The molecule has 0 heterocycles. The fourth-order valence-corrected chi connectivity index (χ4v) is 2.30. The minimum Gasteiger partial charge on any atom is -0.482 e. The molecule has 7 heteroatoms. The third-order valence-corrected chi connectivity index (χ3v) is 3.76. The molecule has 0 saturated carbocycles. The summed E-state index contributed by atoms with van der Waals surface area (Å²) in [6.07, 6.45) is -0.978. The Hall–Kier alpha value is -2.24. The van der Waals surface area contributed by atoms with Crippen LogP contribution in [0.1, 0.15) is 12.5 Å². The summed E-state index contributed by atoms with van der Waals surface area (Å²) in [5, 5.41) is 3.67. The third-order valence-electron chi connectivity index (χ3n) is 3.29. The first-order chi connectivity index (χ1) is 11.8. The van der Waals surface area contributed by atoms with E-state index in [1.807, 2.05) is 6.92 Å². The van der Waals surface area contributed by atoms with Crippen molar-refractivity contribution in [3.63, 3.8) is 0 Å². The average Bonchev–Trinajstić information content (AvgIpc) is 2.56. The van der Waals surface area contributed by atoms with Gasteiger partial charge in [0, 0.05) is 15.7 Å². The van der Waals surface area contributed by atoms with Crippen LogP contribution in [0.2, 0.25) is 10.0 Å². The average molecular weight is 382 g/mol. The normalized spacial score (nSPS) is 11.5. The Kier molecular flexibility index (Phi) is 6.67. The van der Waals surface area contributed by atoms with Crippen LogP contribution in [0.5, 0.6) is 5.75 Å². The molecule has 2 aromatic rings. The minimum absolute atomic E-state index is 0.325. The number of anilines is 1. The number of rotatable bonds is 6. The van der Waals surface area contributed by atoms with Crippen LogP contribution in [0, 0.1) is 6.92 Å². The number of amides is 1. The zero-order valence-electron chi connectivity index (χ0n) is 13.7. The third kappa shape index (κ3) is 5.96. The van der Waals surface area contributed by atoms with Gasteiger partial charge in [0.2, 0.25) is 0 Å². The zero-order chi connectivity index (χ0) is 18.4. The Labute approximate surface area is 155 Å². The lowest BCUT2D eigenvalue weighted by Gasteiger charge is -2.15. The van der Waals surface area contributed by atoms with E-state index in [2.05, 4.69) is 5.32 Å². The Morgan fingerprint density at radius 1 is 1.12 bits per heavy atom. The second-order valence-electron chi connectivity index (χ2n) is 5.33. The number of hydrogen-bond acceptors (Lipinski definition) is 4. The van der Waals surface area contributed by atoms with Gasteiger partial charge in [-0.15, -0.1) is 0 Å². The lowest BCUT2D eigenvalue weighted by Crippen LogP contribution is -2.31. The van der Waals surface area contributed by atoms with Gasteiger partial charge in [0.1, 0.15) is 5.75 Å². The van der Waals surface area contributed by atoms with Gasteiger partial charge >= 0.3 is 5.97 Å². The molecule has 0 saturated heterocycles. The lowest BCUT2D eigenvalue weighted by molar-refractivity contribution is -0.155. The number of benzene rings is 2. The Balaban J connectivity index is 1.85. The van der Waals surface area contributed by atoms with Gasteiger partial charge < -0.3 is 14.8 Å². The van der Waals surface area contributed by atoms with Crippen LogP contribution in [-0.4, -0.2) is 24.6 Å². The number of ether oxygens (including phenoxy) is 2. The van der Waals surface area contributed by atoms with Gasteiger partial charge in [-0.1, -0.05) is 35.3 Å². The molecule has 2 rings (SSSR count). The van der Waals surface area contributed by atoms with Crippen molar-refractivity contribution in [2.24, 2.45) is 0 Å². The highest BCUT2D eigenvalue weighted by atomic mass is 35.5. The highest BCUT2D eigenvalue weighted by Crippen LogP contribution is 2.20. The quantitative estimate of drug-likeness (QED) is 0.759. The molecular weight excluding hydrogens is 365 g/mol. The lowest BCUT2D eigenvalue weighted by atomic mass is 10.2. The fraction of sp³-hybridized carbons (Fsp3) is 0.222. The van der Waals surface area contributed by atoms with Crippen molar-refractivity contribution in [3.8, 4) is 5.75 Å². The van der Waals surface area contributed by atoms with Crippen molar-refractivity contribution in [3.05, 3.63) is 58.1 Å². The van der Waals surface area contributed by atoms with E-state index in [0.29, 0.717) is 21.5 Å². The first kappa shape index (κ1) is 19.1. The zero-order valence-corrected chi connectivity index (χ0v) is 15.2. The van der Waals surface area contributed by atoms with Gasteiger partial charge in [0.15, 0.2) is 12.7 Å². The van der Waals surface area contributed by atoms with Gasteiger partial charge in [0.05, 0.1) is 0 Å². The second kappa shape index (κ2) is 8.74. The molecular formula is C18H17Cl2NO4. The van der Waals surface area contributed by atoms with E-state index >= 15 is 0 Å². The van der Waals surface area contributed by atoms with E-state index in [1.54, 1.807) is 42.5 Å². The highest BCUT2D eigenvalue weighted by Gasteiger charge is 2.19. The minimum atomic E-state index is -0.978. The number of carbonyl (C=O) groups is 2. The van der Waals surface area contributed by atoms with Crippen LogP contribution in [0.4, 0.5) is 5.69 Å². The van der Waals surface area contributed by atoms with Crippen LogP contribution in [-0.2, 0) is 14.3 Å². The molecule has 0 unspecified atom stereocenters. The standard InChI is InChI=1S/C18H17Cl2NO4/c1-11-6-7-14(20)9-16(11)21-18(23)12(2)25-17(22)10-24-15-5-3-4-13(19)8-15/h3-9,12H,10H2,1-2H3,(H,21,23)/t12-/m1/s1. The van der Waals surface area contributed by atoms with E-state index in [9.17, 15) is 9.59 Å². The predicted octanol–water partition coefficient (Wildman–Crippen LogP) is 4.25. The molecule has 0 aliphatic heterocycles. The number of hydrogen-bond donors (Lipinski definition) is 1. The molecule has 0 fully saturated rings. The molecule has 0 radical (unpaired) electrons. The van der Waals surface area contributed by atoms with E-state index in [-0.39, 0.29) is 6.61 Å². The highest BCUT2D eigenvalue weighted by molar-refractivity contribution is 6.31. The summed E-state index contributed by atoms with van der Waals surface area (Å²) in [6, 6.07) is 11.8. The SMILES string of the molecule is Cc1ccc(Cl)cc1NC(=O)[C@@H](C)OC(=O)COc1cccc(Cl)c1. The summed E-state index contributed by atoms with van der Waals surface area (Å²) < 4.78 is 10.3. The molecule has 0 aliphatic carbocycles. The molecule has 1 amide bonds. The van der Waals surface area contributed by atoms with E-state index < -0.39 is 18.0 Å². The molecule has 1 N–H and O–H groups in total. The first-order valence-electron chi connectivity index (χ1n) is 7.50. The predicted molar refractivity (Wildman–Crippen MR) is 97.3 cm³/mol. The van der Waals surface area contributed by atoms with E-state index in [0.717, 1.165) is 5.56 Å². The Bertz CT molecular complexity index is 779. The van der Waals surface area contributed by atoms with Gasteiger partial charge in [-0.2, -0.15) is 0 Å². The Morgan fingerprint density at radius 3 is 2.56 bits per heavy atom. The van der Waals surface area contributed by atoms with Crippen molar-refractivity contribution in [2.75, 3.05) is 11.9 Å². The van der Waals surface area contributed by atoms with Crippen molar-refractivity contribution < 1.29 is 19.1 Å². The Morgan fingerprint density at radius 2 is 1.84 bits per heavy atom. The van der Waals surface area contributed by atoms with Crippen LogP contribution in [0.15, 0.2) is 42.5 Å². The molecule has 25 heavy (non-hydrogen) atoms. The molecule has 0 spiro atoms. The summed E-state index contributed by atoms with van der Waals surface area (Å²) >= 11 is 11.7. The topological polar surface area (TPSA) is 64.6 Å². The molecule has 132 valence electrons. The maximum Gasteiger partial charge on any atom is 0.344 e. The van der Waals surface area contributed by atoms with E-state index in [4.69, 9.17) is 32.7 Å². The molecule has 1 atom stereocenters. The number of carbonyl (C=O) groups excluding carboxylic acids is 2. The summed E-state index contributed by atoms with van der Waals surface area (Å²) in [6.45, 7) is 2.99. The molecule has 0 aromatic heterocycles. The van der Waals surface area contributed by atoms with Crippen LogP contribution in [0.3, 0.4) is 0 Å². The van der Waals surface area contributed by atoms with E-state index in [1.165, 1.54) is 6.92 Å². The van der Waals surface area contributed by atoms with Gasteiger partial charge in [-0.05, 0) is 49.7 Å². The maximum atomic E-state index is 12.1. The van der Waals surface area contributed by atoms with Crippen molar-refractivity contribution in [1.29, 1.82) is 0 Å². The summed E-state index contributed by atoms with van der Waals surface area (Å²) in [4.78, 5) is 23.9. The molecule has 5 nitrogen and oxygen atoms in total. The summed E-state index contributed by atoms with van der Waals surface area (Å²) in [5.74, 6) is -0.678. The smallest absolute Gasteiger partial charge is 0.344 e. The van der Waals surface area contributed by atoms with Crippen LogP contribution < -0.4 is 10.1 Å². The van der Waals surface area contributed by atoms with Gasteiger partial charge in [0.25, 0.3) is 5.91 Å². The number of nitrogens with one attached hydrogen (secondary N) is 1. The molecule has 2 aromatic carbocycles. The number of esters is 1. The maximum absolute atomic E-state index is 12.1. The number of aryl methyl sites for hydroxylation is 1. The first-order valence-corrected chi connectivity index (χ1v) is 8.25. The second-order valence-corrected chi connectivity index (χ2v) is 6.20. The largest absolute Gasteiger partial charge is 0.482 e.